The average Bonchev–Trinajstić information content (AvgIpc) is 2.60. The minimum absolute atomic E-state index is 0.0538. The summed E-state index contributed by atoms with van der Waals surface area (Å²) in [5.41, 5.74) is 1.53. The standard InChI is InChI=1S/C16H13N5O3S/c1-8-11(7-17)12(9-3-5-10(6-4-9)21(23)24)13-14(18-8)19-16(25-2)20-15(13)22/h3-6,12H,1-2H3,(H2,18,19,20,22). The zero-order chi connectivity index (χ0) is 18.1. The SMILES string of the molecule is CSc1nc2c(c(=O)[nH]1)C(c1ccc([N+](=O)[O-])cc1)C(C#N)=C(C)N2. The number of hydrogen-bond donors (Lipinski definition) is 2. The first kappa shape index (κ1) is 16.7. The van der Waals surface area contributed by atoms with Gasteiger partial charge in [-0.15, -0.1) is 0 Å². The largest absolute Gasteiger partial charge is 0.343 e. The molecule has 2 heterocycles. The predicted octanol–water partition coefficient (Wildman–Crippen LogP) is 2.75. The van der Waals surface area contributed by atoms with E-state index in [4.69, 9.17) is 0 Å². The zero-order valence-electron chi connectivity index (χ0n) is 13.4. The maximum atomic E-state index is 12.6. The van der Waals surface area contributed by atoms with Gasteiger partial charge in [-0.25, -0.2) is 4.98 Å². The number of aromatic nitrogens is 2. The summed E-state index contributed by atoms with van der Waals surface area (Å²) in [6, 6.07) is 7.97. The van der Waals surface area contributed by atoms with Crippen molar-refractivity contribution in [2.75, 3.05) is 11.6 Å². The van der Waals surface area contributed by atoms with Crippen molar-refractivity contribution in [3.05, 3.63) is 67.1 Å². The Morgan fingerprint density at radius 3 is 2.60 bits per heavy atom. The molecule has 0 fully saturated rings. The number of rotatable bonds is 3. The highest BCUT2D eigenvalue weighted by molar-refractivity contribution is 7.98. The van der Waals surface area contributed by atoms with Crippen molar-refractivity contribution < 1.29 is 4.92 Å². The van der Waals surface area contributed by atoms with Crippen LogP contribution in [0.25, 0.3) is 0 Å². The van der Waals surface area contributed by atoms with Crippen molar-refractivity contribution in [2.24, 2.45) is 0 Å². The van der Waals surface area contributed by atoms with E-state index in [9.17, 15) is 20.2 Å². The Kier molecular flexibility index (Phi) is 4.29. The number of aromatic amines is 1. The van der Waals surface area contributed by atoms with Gasteiger partial charge >= 0.3 is 0 Å². The van der Waals surface area contributed by atoms with Crippen LogP contribution >= 0.6 is 11.8 Å². The molecule has 0 saturated carbocycles. The van der Waals surface area contributed by atoms with E-state index in [1.807, 2.05) is 0 Å². The second kappa shape index (κ2) is 6.41. The molecule has 0 bridgehead atoms. The second-order valence-corrected chi connectivity index (χ2v) is 6.19. The third-order valence-corrected chi connectivity index (χ3v) is 4.55. The maximum absolute atomic E-state index is 12.6. The van der Waals surface area contributed by atoms with E-state index in [1.165, 1.54) is 23.9 Å². The van der Waals surface area contributed by atoms with Crippen LogP contribution in [0.2, 0.25) is 0 Å². The Bertz CT molecular complexity index is 988. The lowest BCUT2D eigenvalue weighted by Gasteiger charge is -2.26. The highest BCUT2D eigenvalue weighted by Crippen LogP contribution is 2.39. The Morgan fingerprint density at radius 2 is 2.04 bits per heavy atom. The minimum atomic E-state index is -0.630. The third-order valence-electron chi connectivity index (χ3n) is 3.97. The van der Waals surface area contributed by atoms with Crippen molar-refractivity contribution in [3.8, 4) is 6.07 Å². The van der Waals surface area contributed by atoms with Crippen LogP contribution in [0, 0.1) is 21.4 Å². The van der Waals surface area contributed by atoms with Gasteiger partial charge < -0.3 is 10.3 Å². The van der Waals surface area contributed by atoms with Crippen molar-refractivity contribution in [3.63, 3.8) is 0 Å². The summed E-state index contributed by atoms with van der Waals surface area (Å²) in [6.45, 7) is 1.74. The van der Waals surface area contributed by atoms with Crippen molar-refractivity contribution in [1.82, 2.24) is 9.97 Å². The van der Waals surface area contributed by atoms with Crippen molar-refractivity contribution in [2.45, 2.75) is 18.0 Å². The molecule has 1 unspecified atom stereocenters. The lowest BCUT2D eigenvalue weighted by molar-refractivity contribution is -0.384. The molecular formula is C16H13N5O3S. The summed E-state index contributed by atoms with van der Waals surface area (Å²) >= 11 is 1.30. The number of nitriles is 1. The van der Waals surface area contributed by atoms with Gasteiger partial charge in [0.15, 0.2) is 5.16 Å². The van der Waals surface area contributed by atoms with E-state index >= 15 is 0 Å². The van der Waals surface area contributed by atoms with Gasteiger partial charge in [-0.2, -0.15) is 5.26 Å². The van der Waals surface area contributed by atoms with Gasteiger partial charge in [0.2, 0.25) is 0 Å². The van der Waals surface area contributed by atoms with Crippen LogP contribution in [0.1, 0.15) is 24.0 Å². The fourth-order valence-electron chi connectivity index (χ4n) is 2.80. The Labute approximate surface area is 146 Å². The van der Waals surface area contributed by atoms with Crippen LogP contribution in [-0.4, -0.2) is 21.1 Å². The number of allylic oxidation sites excluding steroid dienone is 2. The summed E-state index contributed by atoms with van der Waals surface area (Å²) in [6.07, 6.45) is 1.80. The number of benzene rings is 1. The fourth-order valence-corrected chi connectivity index (χ4v) is 3.17. The number of nitrogens with zero attached hydrogens (tertiary/aromatic N) is 3. The number of H-pyrrole nitrogens is 1. The molecular weight excluding hydrogens is 342 g/mol. The second-order valence-electron chi connectivity index (χ2n) is 5.39. The van der Waals surface area contributed by atoms with Crippen LogP contribution < -0.4 is 10.9 Å². The quantitative estimate of drug-likeness (QED) is 0.375. The maximum Gasteiger partial charge on any atom is 0.269 e. The van der Waals surface area contributed by atoms with Gasteiger partial charge in [0.1, 0.15) is 5.82 Å². The first-order valence-electron chi connectivity index (χ1n) is 7.26. The van der Waals surface area contributed by atoms with Gasteiger partial charge in [0, 0.05) is 17.8 Å². The molecule has 126 valence electrons. The molecule has 1 aliphatic heterocycles. The van der Waals surface area contributed by atoms with Gasteiger partial charge in [-0.1, -0.05) is 23.9 Å². The van der Waals surface area contributed by atoms with Gasteiger partial charge in [-0.3, -0.25) is 14.9 Å². The lowest BCUT2D eigenvalue weighted by atomic mass is 9.83. The molecule has 0 saturated heterocycles. The monoisotopic (exact) mass is 355 g/mol. The van der Waals surface area contributed by atoms with Crippen LogP contribution in [0.4, 0.5) is 11.5 Å². The summed E-state index contributed by atoms with van der Waals surface area (Å²) in [5.74, 6) is -0.234. The molecule has 1 atom stereocenters. The molecule has 1 aliphatic rings. The number of anilines is 1. The normalized spacial score (nSPS) is 16.0. The summed E-state index contributed by atoms with van der Waals surface area (Å²) < 4.78 is 0. The molecule has 9 heteroatoms. The number of nitro benzene ring substituents is 1. The summed E-state index contributed by atoms with van der Waals surface area (Å²) in [4.78, 5) is 30.0. The topological polar surface area (TPSA) is 125 Å². The lowest BCUT2D eigenvalue weighted by Crippen LogP contribution is -2.27. The van der Waals surface area contributed by atoms with Crippen molar-refractivity contribution >= 4 is 23.3 Å². The number of thioether (sulfide) groups is 1. The van der Waals surface area contributed by atoms with Gasteiger partial charge in [0.25, 0.3) is 11.2 Å². The number of hydrogen-bond acceptors (Lipinski definition) is 7. The number of fused-ring (bicyclic) bond motifs is 1. The van der Waals surface area contributed by atoms with E-state index in [1.54, 1.807) is 25.3 Å². The van der Waals surface area contributed by atoms with Gasteiger partial charge in [-0.05, 0) is 18.7 Å². The van der Waals surface area contributed by atoms with E-state index in [-0.39, 0.29) is 11.2 Å². The predicted molar refractivity (Wildman–Crippen MR) is 93.5 cm³/mol. The van der Waals surface area contributed by atoms with Crippen LogP contribution in [-0.2, 0) is 0 Å². The molecule has 0 amide bonds. The third kappa shape index (κ3) is 2.88. The summed E-state index contributed by atoms with van der Waals surface area (Å²) in [5, 5.41) is 23.9. The van der Waals surface area contributed by atoms with Crippen molar-refractivity contribution in [1.29, 1.82) is 5.26 Å². The number of non-ortho nitro benzene ring substituents is 1. The van der Waals surface area contributed by atoms with E-state index in [0.29, 0.717) is 33.4 Å². The number of nitrogens with one attached hydrogen (secondary N) is 2. The number of nitro groups is 1. The Balaban J connectivity index is 2.22. The molecule has 1 aromatic carbocycles. The molecule has 0 spiro atoms. The van der Waals surface area contributed by atoms with Crippen LogP contribution in [0.5, 0.6) is 0 Å². The molecule has 25 heavy (non-hydrogen) atoms. The average molecular weight is 355 g/mol. The zero-order valence-corrected chi connectivity index (χ0v) is 14.2. The highest BCUT2D eigenvalue weighted by atomic mass is 32.2. The Hall–Kier alpha value is -3.12. The molecule has 2 N–H and O–H groups in total. The Morgan fingerprint density at radius 1 is 1.36 bits per heavy atom. The highest BCUT2D eigenvalue weighted by Gasteiger charge is 2.32. The first-order valence-corrected chi connectivity index (χ1v) is 8.49. The summed E-state index contributed by atoms with van der Waals surface area (Å²) in [7, 11) is 0. The minimum Gasteiger partial charge on any atom is -0.343 e. The fraction of sp³-hybridized carbons (Fsp3) is 0.188. The van der Waals surface area contributed by atoms with E-state index in [2.05, 4.69) is 21.4 Å². The van der Waals surface area contributed by atoms with Crippen LogP contribution in [0.3, 0.4) is 0 Å². The molecule has 8 nitrogen and oxygen atoms in total. The van der Waals surface area contributed by atoms with E-state index < -0.39 is 10.8 Å². The smallest absolute Gasteiger partial charge is 0.269 e. The molecule has 1 aromatic heterocycles. The molecule has 3 rings (SSSR count). The van der Waals surface area contributed by atoms with Gasteiger partial charge in [0.05, 0.1) is 28.0 Å². The molecule has 2 aromatic rings. The molecule has 0 radical (unpaired) electrons. The van der Waals surface area contributed by atoms with Crippen LogP contribution in [0.15, 0.2) is 45.5 Å². The molecule has 0 aliphatic carbocycles. The first-order chi connectivity index (χ1) is 12.0. The van der Waals surface area contributed by atoms with E-state index in [0.717, 1.165) is 0 Å².